The molecule has 108 valence electrons. The first-order valence-corrected chi connectivity index (χ1v) is 7.42. The van der Waals surface area contributed by atoms with Crippen molar-refractivity contribution >= 4 is 5.97 Å². The number of nitrogens with zero attached hydrogens (tertiary/aromatic N) is 2. The summed E-state index contributed by atoms with van der Waals surface area (Å²) in [6, 6.07) is 6.76. The summed E-state index contributed by atoms with van der Waals surface area (Å²) in [5.74, 6) is 1.88. The van der Waals surface area contributed by atoms with E-state index in [2.05, 4.69) is 10.1 Å². The first kappa shape index (κ1) is 12.6. The van der Waals surface area contributed by atoms with Crippen LogP contribution < -0.4 is 0 Å². The number of benzene rings is 1. The number of hydrogen-bond donors (Lipinski definition) is 1. The molecule has 21 heavy (non-hydrogen) atoms. The molecule has 2 aromatic rings. The normalized spacial score (nSPS) is 27.1. The third-order valence-electron chi connectivity index (χ3n) is 4.78. The minimum atomic E-state index is -0.975. The van der Waals surface area contributed by atoms with E-state index in [9.17, 15) is 9.90 Å². The second-order valence-corrected chi connectivity index (χ2v) is 5.94. The van der Waals surface area contributed by atoms with Gasteiger partial charge in [-0.3, -0.25) is 0 Å². The van der Waals surface area contributed by atoms with Crippen LogP contribution in [0.1, 0.15) is 47.8 Å². The molecule has 4 rings (SSSR count). The van der Waals surface area contributed by atoms with E-state index < -0.39 is 5.97 Å². The van der Waals surface area contributed by atoms with Crippen LogP contribution in [0.4, 0.5) is 0 Å². The predicted molar refractivity (Wildman–Crippen MR) is 74.9 cm³/mol. The van der Waals surface area contributed by atoms with Gasteiger partial charge in [-0.15, -0.1) is 0 Å². The van der Waals surface area contributed by atoms with E-state index in [1.165, 1.54) is 25.7 Å². The van der Waals surface area contributed by atoms with Crippen LogP contribution in [-0.2, 0) is 0 Å². The zero-order valence-corrected chi connectivity index (χ0v) is 11.5. The molecule has 0 aliphatic heterocycles. The second-order valence-electron chi connectivity index (χ2n) is 5.94. The minimum absolute atomic E-state index is 0.207. The van der Waals surface area contributed by atoms with Crippen LogP contribution in [0.3, 0.4) is 0 Å². The zero-order valence-electron chi connectivity index (χ0n) is 11.5. The highest BCUT2D eigenvalue weighted by Crippen LogP contribution is 2.60. The number of hydrogen-bond acceptors (Lipinski definition) is 4. The highest BCUT2D eigenvalue weighted by Gasteiger charge is 2.54. The van der Waals surface area contributed by atoms with E-state index >= 15 is 0 Å². The number of aromatic carboxylic acids is 1. The molecule has 2 atom stereocenters. The molecule has 1 N–H and O–H groups in total. The Morgan fingerprint density at radius 1 is 1.19 bits per heavy atom. The summed E-state index contributed by atoms with van der Waals surface area (Å²) in [7, 11) is 0. The summed E-state index contributed by atoms with van der Waals surface area (Å²) in [5, 5.41) is 13.2. The van der Waals surface area contributed by atoms with Crippen LogP contribution in [0.2, 0.25) is 0 Å². The SMILES string of the molecule is O=C(O)c1ccccc1-c1noc(C2C3CCCCC32)n1. The summed E-state index contributed by atoms with van der Waals surface area (Å²) < 4.78 is 5.42. The van der Waals surface area contributed by atoms with Crippen molar-refractivity contribution < 1.29 is 14.4 Å². The first-order valence-electron chi connectivity index (χ1n) is 7.42. The van der Waals surface area contributed by atoms with E-state index in [-0.39, 0.29) is 5.56 Å². The summed E-state index contributed by atoms with van der Waals surface area (Å²) in [4.78, 5) is 15.7. The topological polar surface area (TPSA) is 76.2 Å². The third-order valence-corrected chi connectivity index (χ3v) is 4.78. The van der Waals surface area contributed by atoms with E-state index in [1.54, 1.807) is 24.3 Å². The van der Waals surface area contributed by atoms with Crippen LogP contribution in [0.5, 0.6) is 0 Å². The van der Waals surface area contributed by atoms with E-state index in [0.29, 0.717) is 35.0 Å². The van der Waals surface area contributed by atoms with Crippen LogP contribution in [0.15, 0.2) is 28.8 Å². The predicted octanol–water partition coefficient (Wildman–Crippen LogP) is 3.34. The Labute approximate surface area is 122 Å². The molecule has 1 aromatic heterocycles. The standard InChI is InChI=1S/C16H16N2O3/c19-16(20)12-8-4-3-7-11(12)14-17-15(21-18-14)13-9-5-1-2-6-10(9)13/h3-4,7-10,13H,1-2,5-6H2,(H,19,20). The Morgan fingerprint density at radius 3 is 2.62 bits per heavy atom. The third kappa shape index (κ3) is 2.04. The summed E-state index contributed by atoms with van der Waals surface area (Å²) >= 11 is 0. The second kappa shape index (κ2) is 4.69. The largest absolute Gasteiger partial charge is 0.478 e. The molecule has 2 aliphatic carbocycles. The quantitative estimate of drug-likeness (QED) is 0.935. The van der Waals surface area contributed by atoms with Crippen molar-refractivity contribution in [3.63, 3.8) is 0 Å². The number of rotatable bonds is 3. The molecule has 0 bridgehead atoms. The molecule has 0 saturated heterocycles. The summed E-state index contributed by atoms with van der Waals surface area (Å²) in [6.07, 6.45) is 5.08. The molecular weight excluding hydrogens is 268 g/mol. The van der Waals surface area contributed by atoms with Crippen LogP contribution in [0, 0.1) is 11.8 Å². The molecule has 2 unspecified atom stereocenters. The Hall–Kier alpha value is -2.17. The lowest BCUT2D eigenvalue weighted by Crippen LogP contribution is -1.99. The maximum atomic E-state index is 11.3. The molecule has 2 saturated carbocycles. The molecule has 0 radical (unpaired) electrons. The van der Waals surface area contributed by atoms with Gasteiger partial charge in [0.15, 0.2) is 0 Å². The Bertz CT molecular complexity index is 682. The number of aromatic nitrogens is 2. The highest BCUT2D eigenvalue weighted by molar-refractivity contribution is 5.94. The molecule has 1 heterocycles. The number of carboxylic acids is 1. The number of fused-ring (bicyclic) bond motifs is 1. The van der Waals surface area contributed by atoms with Crippen LogP contribution in [-0.4, -0.2) is 21.2 Å². The summed E-state index contributed by atoms with van der Waals surface area (Å²) in [6.45, 7) is 0. The lowest BCUT2D eigenvalue weighted by molar-refractivity contribution is 0.0697. The zero-order chi connectivity index (χ0) is 14.4. The fourth-order valence-corrected chi connectivity index (χ4v) is 3.70. The molecule has 0 amide bonds. The van der Waals surface area contributed by atoms with Gasteiger partial charge in [-0.25, -0.2) is 4.79 Å². The smallest absolute Gasteiger partial charge is 0.336 e. The van der Waals surface area contributed by atoms with E-state index in [4.69, 9.17) is 4.52 Å². The van der Waals surface area contributed by atoms with Crippen LogP contribution >= 0.6 is 0 Å². The van der Waals surface area contributed by atoms with Gasteiger partial charge in [-0.2, -0.15) is 4.98 Å². The van der Waals surface area contributed by atoms with E-state index in [0.717, 1.165) is 0 Å². The molecular formula is C16H16N2O3. The van der Waals surface area contributed by atoms with Gasteiger partial charge in [0, 0.05) is 11.5 Å². The first-order chi connectivity index (χ1) is 10.3. The number of carboxylic acid groups (broad SMARTS) is 1. The van der Waals surface area contributed by atoms with Crippen molar-refractivity contribution in [3.8, 4) is 11.4 Å². The van der Waals surface area contributed by atoms with Gasteiger partial charge in [0.2, 0.25) is 11.7 Å². The van der Waals surface area contributed by atoms with Gasteiger partial charge >= 0.3 is 5.97 Å². The number of carbonyl (C=O) groups is 1. The molecule has 5 nitrogen and oxygen atoms in total. The van der Waals surface area contributed by atoms with E-state index in [1.807, 2.05) is 0 Å². The summed E-state index contributed by atoms with van der Waals surface area (Å²) in [5.41, 5.74) is 0.724. The van der Waals surface area contributed by atoms with Gasteiger partial charge in [-0.05, 0) is 30.7 Å². The van der Waals surface area contributed by atoms with Gasteiger partial charge in [0.1, 0.15) is 0 Å². The average Bonchev–Trinajstić information content (AvgIpc) is 3.04. The van der Waals surface area contributed by atoms with Crippen molar-refractivity contribution in [1.29, 1.82) is 0 Å². The van der Waals surface area contributed by atoms with Crippen molar-refractivity contribution in [2.45, 2.75) is 31.6 Å². The maximum Gasteiger partial charge on any atom is 0.336 e. The Morgan fingerprint density at radius 2 is 1.90 bits per heavy atom. The van der Waals surface area contributed by atoms with Gasteiger partial charge in [0.05, 0.1) is 5.56 Å². The fourth-order valence-electron chi connectivity index (χ4n) is 3.70. The average molecular weight is 284 g/mol. The fraction of sp³-hybridized carbons (Fsp3) is 0.438. The minimum Gasteiger partial charge on any atom is -0.478 e. The molecule has 0 spiro atoms. The molecule has 2 aliphatic rings. The van der Waals surface area contributed by atoms with Crippen molar-refractivity contribution in [3.05, 3.63) is 35.7 Å². The Balaban J connectivity index is 1.65. The lowest BCUT2D eigenvalue weighted by atomic mass is 10.0. The molecule has 1 aromatic carbocycles. The van der Waals surface area contributed by atoms with Crippen molar-refractivity contribution in [1.82, 2.24) is 10.1 Å². The van der Waals surface area contributed by atoms with Crippen molar-refractivity contribution in [2.24, 2.45) is 11.8 Å². The maximum absolute atomic E-state index is 11.3. The van der Waals surface area contributed by atoms with Gasteiger partial charge in [0.25, 0.3) is 0 Å². The van der Waals surface area contributed by atoms with Crippen molar-refractivity contribution in [2.75, 3.05) is 0 Å². The molecule has 2 fully saturated rings. The lowest BCUT2D eigenvalue weighted by Gasteiger charge is -2.04. The monoisotopic (exact) mass is 284 g/mol. The van der Waals surface area contributed by atoms with Gasteiger partial charge < -0.3 is 9.63 Å². The van der Waals surface area contributed by atoms with Crippen LogP contribution in [0.25, 0.3) is 11.4 Å². The highest BCUT2D eigenvalue weighted by atomic mass is 16.5. The molecule has 5 heteroatoms. The Kier molecular flexibility index (Phi) is 2.80. The van der Waals surface area contributed by atoms with Gasteiger partial charge in [-0.1, -0.05) is 36.2 Å².